The zero-order valence-electron chi connectivity index (χ0n) is 15.0. The van der Waals surface area contributed by atoms with Gasteiger partial charge in [-0.05, 0) is 19.1 Å². The molecule has 156 valence electrons. The summed E-state index contributed by atoms with van der Waals surface area (Å²) in [6.45, 7) is 1.37. The van der Waals surface area contributed by atoms with Gasteiger partial charge in [0.05, 0.1) is 18.2 Å². The molecular weight excluding hydrogens is 429 g/mol. The highest BCUT2D eigenvalue weighted by molar-refractivity contribution is 8.76. The maximum atomic E-state index is 11.6. The third kappa shape index (κ3) is 14.3. The van der Waals surface area contributed by atoms with Gasteiger partial charge >= 0.3 is 5.97 Å². The van der Waals surface area contributed by atoms with E-state index in [1.54, 1.807) is 19.1 Å². The third-order valence-corrected chi connectivity index (χ3v) is 5.54. The lowest BCUT2D eigenvalue weighted by molar-refractivity contribution is -0.137. The fourth-order valence-electron chi connectivity index (χ4n) is 1.32. The summed E-state index contributed by atoms with van der Waals surface area (Å²) in [7, 11) is 2.49. The first kappa shape index (κ1) is 26.2. The summed E-state index contributed by atoms with van der Waals surface area (Å²) in [5, 5.41) is 14.4. The number of carbonyl (C=O) groups excluding carboxylic acids is 2. The quantitative estimate of drug-likeness (QED) is 0.144. The lowest BCUT2D eigenvalue weighted by atomic mass is 10.4. The number of carbonyl (C=O) groups is 3. The van der Waals surface area contributed by atoms with Gasteiger partial charge in [-0.25, -0.2) is 0 Å². The molecule has 12 heteroatoms. The Kier molecular flexibility index (Phi) is 16.3. The Morgan fingerprint density at radius 3 is 2.46 bits per heavy atom. The number of amides is 1. The van der Waals surface area contributed by atoms with Crippen LogP contribution in [0, 0.1) is 0 Å². The van der Waals surface area contributed by atoms with Crippen LogP contribution in [0.3, 0.4) is 0 Å². The Labute approximate surface area is 174 Å². The number of halogens is 1. The molecule has 2 atom stereocenters. The smallest absolute Gasteiger partial charge is 0.321 e. The van der Waals surface area contributed by atoms with Crippen molar-refractivity contribution in [3.05, 3.63) is 30.3 Å². The van der Waals surface area contributed by atoms with Crippen molar-refractivity contribution in [3.63, 3.8) is 0 Å². The third-order valence-electron chi connectivity index (χ3n) is 2.61. The highest BCUT2D eigenvalue weighted by atomic mass is 33.1. The van der Waals surface area contributed by atoms with Crippen LogP contribution in [-0.2, 0) is 19.2 Å². The Morgan fingerprint density at radius 1 is 1.32 bits per heavy atom. The monoisotopic (exact) mass is 451 g/mol. The standard InChI is InChI=1S/C10H17N3O5S2.C6H5FS/c1-2-12-18-4-9(15)13-7(3-14)5-19-20-6-8(11)10(16)17;7-8-6-4-2-1-3-5-6/h2-3,7-8H,4-6,11H2,1H3,(H,13,15)(H,16,17);1-5H/b12-2+;/t7?,8-;/m1./s1. The minimum absolute atomic E-state index is 0.216. The Balaban J connectivity index is 0.000000749. The number of carboxylic acid groups (broad SMARTS) is 1. The molecule has 0 aliphatic rings. The van der Waals surface area contributed by atoms with Gasteiger partial charge in [-0.1, -0.05) is 44.9 Å². The summed E-state index contributed by atoms with van der Waals surface area (Å²) in [5.41, 5.74) is 5.31. The molecule has 28 heavy (non-hydrogen) atoms. The number of nitrogens with one attached hydrogen (secondary N) is 1. The second-order valence-corrected chi connectivity index (χ2v) is 8.03. The van der Waals surface area contributed by atoms with Crippen molar-refractivity contribution < 1.29 is 28.2 Å². The summed E-state index contributed by atoms with van der Waals surface area (Å²) in [6.07, 6.45) is 1.99. The number of benzene rings is 1. The molecule has 1 unspecified atom stereocenters. The first-order valence-electron chi connectivity index (χ1n) is 7.85. The lowest BCUT2D eigenvalue weighted by Crippen LogP contribution is -2.39. The van der Waals surface area contributed by atoms with Crippen LogP contribution in [0.4, 0.5) is 3.89 Å². The Hall–Kier alpha value is -1.76. The Bertz CT molecular complexity index is 610. The first-order chi connectivity index (χ1) is 13.4. The van der Waals surface area contributed by atoms with Crippen LogP contribution in [-0.4, -0.2) is 59.7 Å². The van der Waals surface area contributed by atoms with Gasteiger partial charge in [-0.2, -0.15) is 3.89 Å². The molecule has 1 amide bonds. The van der Waals surface area contributed by atoms with E-state index in [9.17, 15) is 18.3 Å². The van der Waals surface area contributed by atoms with Crippen LogP contribution in [0.15, 0.2) is 40.4 Å². The predicted octanol–water partition coefficient (Wildman–Crippen LogP) is 2.15. The zero-order chi connectivity index (χ0) is 21.2. The van der Waals surface area contributed by atoms with Crippen LogP contribution in [0.2, 0.25) is 0 Å². The summed E-state index contributed by atoms with van der Waals surface area (Å²) in [6, 6.07) is 7.31. The largest absolute Gasteiger partial charge is 0.480 e. The molecule has 0 fully saturated rings. The van der Waals surface area contributed by atoms with Crippen LogP contribution >= 0.6 is 33.7 Å². The maximum absolute atomic E-state index is 11.6. The number of rotatable bonds is 12. The second kappa shape index (κ2) is 17.3. The van der Waals surface area contributed by atoms with Crippen LogP contribution in [0.1, 0.15) is 6.92 Å². The van der Waals surface area contributed by atoms with Crippen LogP contribution in [0.25, 0.3) is 0 Å². The summed E-state index contributed by atoms with van der Waals surface area (Å²) in [5.74, 6) is -1.01. The number of aldehydes is 1. The molecule has 0 bridgehead atoms. The normalized spacial score (nSPS) is 12.4. The molecule has 0 spiro atoms. The van der Waals surface area contributed by atoms with Gasteiger partial charge in [0.1, 0.15) is 12.3 Å². The van der Waals surface area contributed by atoms with Crippen LogP contribution in [0.5, 0.6) is 0 Å². The summed E-state index contributed by atoms with van der Waals surface area (Å²) >= 11 is 0.269. The average molecular weight is 452 g/mol. The second-order valence-electron chi connectivity index (χ2n) is 4.85. The number of oxime groups is 1. The highest BCUT2D eigenvalue weighted by Crippen LogP contribution is 2.22. The molecule has 0 saturated carbocycles. The van der Waals surface area contributed by atoms with E-state index in [1.165, 1.54) is 27.8 Å². The van der Waals surface area contributed by atoms with Gasteiger partial charge in [-0.3, -0.25) is 9.59 Å². The van der Waals surface area contributed by atoms with E-state index in [0.717, 1.165) is 0 Å². The SMILES string of the molecule is C/C=N/OCC(=O)NC(C=O)CSSC[C@@H](N)C(=O)O.FSc1ccccc1. The van der Waals surface area contributed by atoms with Crippen molar-refractivity contribution in [3.8, 4) is 0 Å². The number of hydrogen-bond acceptors (Lipinski definition) is 9. The van der Waals surface area contributed by atoms with E-state index in [4.69, 9.17) is 10.8 Å². The average Bonchev–Trinajstić information content (AvgIpc) is 2.71. The molecule has 1 rings (SSSR count). The predicted molar refractivity (Wildman–Crippen MR) is 112 cm³/mol. The van der Waals surface area contributed by atoms with E-state index >= 15 is 0 Å². The molecule has 0 aliphatic heterocycles. The van der Waals surface area contributed by atoms with Gasteiger partial charge in [-0.15, -0.1) is 0 Å². The number of nitrogens with two attached hydrogens (primary N) is 1. The zero-order valence-corrected chi connectivity index (χ0v) is 17.5. The van der Waals surface area contributed by atoms with Gasteiger partial charge < -0.3 is 25.8 Å². The van der Waals surface area contributed by atoms with Crippen molar-refractivity contribution in [1.82, 2.24) is 5.32 Å². The summed E-state index contributed by atoms with van der Waals surface area (Å²) < 4.78 is 11.6. The molecule has 1 aromatic rings. The topological polar surface area (TPSA) is 131 Å². The molecule has 8 nitrogen and oxygen atoms in total. The molecule has 1 aromatic carbocycles. The summed E-state index contributed by atoms with van der Waals surface area (Å²) in [4.78, 5) is 37.9. The van der Waals surface area contributed by atoms with Crippen molar-refractivity contribution in [2.75, 3.05) is 18.1 Å². The molecule has 0 aromatic heterocycles. The maximum Gasteiger partial charge on any atom is 0.321 e. The van der Waals surface area contributed by atoms with Gasteiger partial charge in [0, 0.05) is 22.6 Å². The number of hydrogen-bond donors (Lipinski definition) is 3. The van der Waals surface area contributed by atoms with E-state index < -0.39 is 24.0 Å². The van der Waals surface area contributed by atoms with Crippen LogP contribution < -0.4 is 11.1 Å². The van der Waals surface area contributed by atoms with Crippen molar-refractivity contribution >= 4 is 58.1 Å². The van der Waals surface area contributed by atoms with E-state index in [-0.39, 0.29) is 24.5 Å². The van der Waals surface area contributed by atoms with Gasteiger partial charge in [0.15, 0.2) is 6.61 Å². The molecule has 0 radical (unpaired) electrons. The van der Waals surface area contributed by atoms with Gasteiger partial charge in [0.25, 0.3) is 5.91 Å². The first-order valence-corrected chi connectivity index (χ1v) is 11.1. The van der Waals surface area contributed by atoms with Gasteiger partial charge in [0.2, 0.25) is 0 Å². The van der Waals surface area contributed by atoms with E-state index in [0.29, 0.717) is 16.9 Å². The molecule has 0 heterocycles. The molecule has 0 saturated heterocycles. The number of carboxylic acids is 1. The minimum atomic E-state index is -1.08. The fourth-order valence-corrected chi connectivity index (χ4v) is 3.83. The number of nitrogens with zero attached hydrogens (tertiary/aromatic N) is 1. The number of aliphatic carboxylic acids is 1. The molecule has 4 N–H and O–H groups in total. The lowest BCUT2D eigenvalue weighted by Gasteiger charge is -2.12. The van der Waals surface area contributed by atoms with Crippen molar-refractivity contribution in [2.24, 2.45) is 10.9 Å². The molecule has 0 aliphatic carbocycles. The Morgan fingerprint density at radius 2 is 1.96 bits per heavy atom. The van der Waals surface area contributed by atoms with E-state index in [2.05, 4.69) is 15.3 Å². The minimum Gasteiger partial charge on any atom is -0.480 e. The fraction of sp³-hybridized carbons (Fsp3) is 0.375. The highest BCUT2D eigenvalue weighted by Gasteiger charge is 2.14. The van der Waals surface area contributed by atoms with Crippen molar-refractivity contribution in [2.45, 2.75) is 23.9 Å². The van der Waals surface area contributed by atoms with E-state index in [1.807, 2.05) is 18.2 Å². The van der Waals surface area contributed by atoms with Crippen molar-refractivity contribution in [1.29, 1.82) is 0 Å². The molecular formula is C16H22FN3O5S3.